The summed E-state index contributed by atoms with van der Waals surface area (Å²) in [5.41, 5.74) is 1.09. The quantitative estimate of drug-likeness (QED) is 0.270. The van der Waals surface area contributed by atoms with Gasteiger partial charge in [0.2, 0.25) is 0 Å². The third-order valence-corrected chi connectivity index (χ3v) is 5.83. The van der Waals surface area contributed by atoms with Gasteiger partial charge < -0.3 is 0 Å². The maximum Gasteiger partial charge on any atom is -0.0170 e. The van der Waals surface area contributed by atoms with Crippen LogP contribution >= 0.6 is 8.58 Å². The molecule has 0 N–H and O–H groups in total. The van der Waals surface area contributed by atoms with Gasteiger partial charge in [0.15, 0.2) is 0 Å². The second-order valence-corrected chi connectivity index (χ2v) is 7.57. The second kappa shape index (κ2) is 12.5. The molecule has 107 valence electrons. The lowest BCUT2D eigenvalue weighted by Crippen LogP contribution is -1.93. The molecule has 1 aliphatic rings. The van der Waals surface area contributed by atoms with Gasteiger partial charge in [0.25, 0.3) is 0 Å². The fourth-order valence-electron chi connectivity index (χ4n) is 2.96. The number of hydrogen-bond donors (Lipinski definition) is 0. The minimum atomic E-state index is 1.09. The Balaban J connectivity index is 1.68. The van der Waals surface area contributed by atoms with Gasteiger partial charge in [0.05, 0.1) is 0 Å². The van der Waals surface area contributed by atoms with E-state index in [1.807, 2.05) is 0 Å². The summed E-state index contributed by atoms with van der Waals surface area (Å²) in [6, 6.07) is 0. The highest BCUT2D eigenvalue weighted by Gasteiger charge is 2.14. The fourth-order valence-corrected chi connectivity index (χ4v) is 4.46. The van der Waals surface area contributed by atoms with Gasteiger partial charge >= 0.3 is 0 Å². The summed E-state index contributed by atoms with van der Waals surface area (Å²) in [4.78, 5) is 0. The van der Waals surface area contributed by atoms with Crippen LogP contribution < -0.4 is 0 Å². The predicted octanol–water partition coefficient (Wildman–Crippen LogP) is 6.80. The number of unbranched alkanes of at least 4 members (excludes halogenated alkanes) is 9. The van der Waals surface area contributed by atoms with Crippen molar-refractivity contribution in [3.63, 3.8) is 0 Å². The zero-order chi connectivity index (χ0) is 12.9. The topological polar surface area (TPSA) is 0 Å². The van der Waals surface area contributed by atoms with Crippen LogP contribution in [0.25, 0.3) is 0 Å². The molecule has 0 unspecified atom stereocenters. The SMILES string of the molecule is CCCCCCCCCCCC[P]C1CCCC1. The summed E-state index contributed by atoms with van der Waals surface area (Å²) in [6.07, 6.45) is 22.3. The Labute approximate surface area is 117 Å². The summed E-state index contributed by atoms with van der Waals surface area (Å²) in [5.74, 6) is 0. The molecule has 1 rings (SSSR count). The molecule has 0 aliphatic heterocycles. The Morgan fingerprint density at radius 3 is 1.78 bits per heavy atom. The molecule has 0 amide bonds. The average Bonchev–Trinajstić information content (AvgIpc) is 2.89. The third-order valence-electron chi connectivity index (χ3n) is 4.22. The van der Waals surface area contributed by atoms with Crippen LogP contribution in [0.4, 0.5) is 0 Å². The molecule has 1 saturated carbocycles. The minimum absolute atomic E-state index is 1.09. The van der Waals surface area contributed by atoms with Crippen LogP contribution in [0.3, 0.4) is 0 Å². The van der Waals surface area contributed by atoms with Crippen molar-refractivity contribution in [2.45, 2.75) is 102 Å². The van der Waals surface area contributed by atoms with Gasteiger partial charge in [-0.3, -0.25) is 0 Å². The van der Waals surface area contributed by atoms with E-state index < -0.39 is 0 Å². The summed E-state index contributed by atoms with van der Waals surface area (Å²) in [7, 11) is 1.78. The summed E-state index contributed by atoms with van der Waals surface area (Å²) in [5, 5.41) is 0. The molecule has 0 saturated heterocycles. The van der Waals surface area contributed by atoms with Crippen molar-refractivity contribution in [3.05, 3.63) is 0 Å². The highest BCUT2D eigenvalue weighted by molar-refractivity contribution is 7.38. The first-order valence-corrected chi connectivity index (χ1v) is 9.75. The van der Waals surface area contributed by atoms with E-state index in [1.165, 1.54) is 96.1 Å². The van der Waals surface area contributed by atoms with Crippen molar-refractivity contribution in [1.82, 2.24) is 0 Å². The fraction of sp³-hybridized carbons (Fsp3) is 1.00. The highest BCUT2D eigenvalue weighted by Crippen LogP contribution is 2.34. The normalized spacial score (nSPS) is 17.2. The van der Waals surface area contributed by atoms with E-state index in [1.54, 1.807) is 8.58 Å². The Kier molecular flexibility index (Phi) is 11.4. The molecule has 1 aliphatic carbocycles. The van der Waals surface area contributed by atoms with Crippen LogP contribution in [0.2, 0.25) is 0 Å². The van der Waals surface area contributed by atoms with Crippen molar-refractivity contribution in [3.8, 4) is 0 Å². The van der Waals surface area contributed by atoms with E-state index in [2.05, 4.69) is 6.92 Å². The largest absolute Gasteiger partial charge is 0.0775 e. The Morgan fingerprint density at radius 2 is 1.22 bits per heavy atom. The molecule has 0 aromatic heterocycles. The van der Waals surface area contributed by atoms with E-state index in [-0.39, 0.29) is 0 Å². The van der Waals surface area contributed by atoms with Gasteiger partial charge in [-0.15, -0.1) is 0 Å². The summed E-state index contributed by atoms with van der Waals surface area (Å²) >= 11 is 0. The van der Waals surface area contributed by atoms with Crippen LogP contribution in [0, 0.1) is 0 Å². The molecular weight excluding hydrogens is 235 g/mol. The van der Waals surface area contributed by atoms with Crippen LogP contribution in [-0.2, 0) is 0 Å². The summed E-state index contributed by atoms with van der Waals surface area (Å²) < 4.78 is 0. The number of hydrogen-bond acceptors (Lipinski definition) is 0. The van der Waals surface area contributed by atoms with Gasteiger partial charge in [0, 0.05) is 0 Å². The maximum atomic E-state index is 2.30. The van der Waals surface area contributed by atoms with Crippen molar-refractivity contribution >= 4 is 8.58 Å². The predicted molar refractivity (Wildman–Crippen MR) is 85.9 cm³/mol. The average molecular weight is 269 g/mol. The molecule has 1 heteroatoms. The lowest BCUT2D eigenvalue weighted by atomic mass is 10.1. The first kappa shape index (κ1) is 16.5. The van der Waals surface area contributed by atoms with Crippen LogP contribution in [0.15, 0.2) is 0 Å². The van der Waals surface area contributed by atoms with Crippen molar-refractivity contribution in [2.24, 2.45) is 0 Å². The molecule has 0 aromatic carbocycles. The monoisotopic (exact) mass is 269 g/mol. The standard InChI is InChI=1S/C17H34P/c1-2-3-4-5-6-7-8-9-10-13-16-18-17-14-11-12-15-17/h17H,2-16H2,1H3. The molecule has 18 heavy (non-hydrogen) atoms. The van der Waals surface area contributed by atoms with E-state index >= 15 is 0 Å². The van der Waals surface area contributed by atoms with Gasteiger partial charge in [-0.25, -0.2) is 0 Å². The Bertz CT molecular complexity index is 161. The van der Waals surface area contributed by atoms with Crippen LogP contribution in [0.1, 0.15) is 96.8 Å². The Hall–Kier alpha value is 0.430. The Morgan fingerprint density at radius 1 is 0.722 bits per heavy atom. The summed E-state index contributed by atoms with van der Waals surface area (Å²) in [6.45, 7) is 2.30. The van der Waals surface area contributed by atoms with Gasteiger partial charge in [-0.2, -0.15) is 0 Å². The molecule has 1 radical (unpaired) electrons. The van der Waals surface area contributed by atoms with Gasteiger partial charge in [0.1, 0.15) is 0 Å². The second-order valence-electron chi connectivity index (χ2n) is 6.03. The molecule has 0 nitrogen and oxygen atoms in total. The molecule has 0 bridgehead atoms. The van der Waals surface area contributed by atoms with E-state index in [9.17, 15) is 0 Å². The zero-order valence-electron chi connectivity index (χ0n) is 12.6. The molecular formula is C17H34P. The van der Waals surface area contributed by atoms with Gasteiger partial charge in [-0.05, 0) is 31.1 Å². The van der Waals surface area contributed by atoms with Crippen molar-refractivity contribution in [2.75, 3.05) is 6.16 Å². The third kappa shape index (κ3) is 9.37. The minimum Gasteiger partial charge on any atom is -0.0775 e. The number of rotatable bonds is 12. The van der Waals surface area contributed by atoms with Crippen molar-refractivity contribution < 1.29 is 0 Å². The lowest BCUT2D eigenvalue weighted by molar-refractivity contribution is 0.563. The smallest absolute Gasteiger partial charge is 0.0170 e. The maximum absolute atomic E-state index is 2.30. The molecule has 0 spiro atoms. The van der Waals surface area contributed by atoms with E-state index in [4.69, 9.17) is 0 Å². The molecule has 0 aromatic rings. The highest BCUT2D eigenvalue weighted by atomic mass is 31.1. The first-order valence-electron chi connectivity index (χ1n) is 8.60. The van der Waals surface area contributed by atoms with Crippen molar-refractivity contribution in [1.29, 1.82) is 0 Å². The molecule has 0 atom stereocenters. The molecule has 1 fully saturated rings. The van der Waals surface area contributed by atoms with E-state index in [0.717, 1.165) is 5.66 Å². The molecule has 0 heterocycles. The van der Waals surface area contributed by atoms with Crippen LogP contribution in [-0.4, -0.2) is 11.8 Å². The lowest BCUT2D eigenvalue weighted by Gasteiger charge is -2.07. The van der Waals surface area contributed by atoms with E-state index in [0.29, 0.717) is 0 Å². The first-order chi connectivity index (χ1) is 8.93. The zero-order valence-corrected chi connectivity index (χ0v) is 13.5. The van der Waals surface area contributed by atoms with Crippen LogP contribution in [0.5, 0.6) is 0 Å². The van der Waals surface area contributed by atoms with Gasteiger partial charge in [-0.1, -0.05) is 86.1 Å².